The number of nitrogens with zero attached hydrogens (tertiary/aromatic N) is 1. The van der Waals surface area contributed by atoms with E-state index in [0.29, 0.717) is 6.07 Å². The van der Waals surface area contributed by atoms with E-state index in [1.807, 2.05) is 5.43 Å². The number of benzene rings is 1. The number of rotatable bonds is 2. The lowest BCUT2D eigenvalue weighted by Crippen LogP contribution is -2.24. The molecule has 0 saturated heterocycles. The van der Waals surface area contributed by atoms with Gasteiger partial charge in [-0.05, 0) is 6.07 Å². The van der Waals surface area contributed by atoms with E-state index in [1.165, 1.54) is 0 Å². The first-order valence-corrected chi connectivity index (χ1v) is 4.11. The Labute approximate surface area is 88.7 Å². The number of halogens is 3. The van der Waals surface area contributed by atoms with Crippen molar-refractivity contribution in [1.29, 1.82) is 0 Å². The molecule has 0 unspecified atom stereocenters. The molecule has 0 radical (unpaired) electrons. The Morgan fingerprint density at radius 3 is 2.80 bits per heavy atom. The van der Waals surface area contributed by atoms with Crippen LogP contribution in [-0.2, 0) is 0 Å². The van der Waals surface area contributed by atoms with Gasteiger partial charge in [-0.15, -0.1) is 0 Å². The van der Waals surface area contributed by atoms with Crippen LogP contribution in [0.4, 0.5) is 13.6 Å². The van der Waals surface area contributed by atoms with Crippen molar-refractivity contribution in [3.8, 4) is 0 Å². The molecule has 0 heterocycles. The Morgan fingerprint density at radius 1 is 1.53 bits per heavy atom. The summed E-state index contributed by atoms with van der Waals surface area (Å²) in [5, 5.41) is 3.03. The number of urea groups is 1. The summed E-state index contributed by atoms with van der Waals surface area (Å²) in [4.78, 5) is 10.2. The van der Waals surface area contributed by atoms with Gasteiger partial charge in [0.15, 0.2) is 0 Å². The van der Waals surface area contributed by atoms with E-state index < -0.39 is 17.7 Å². The van der Waals surface area contributed by atoms with E-state index in [1.54, 1.807) is 0 Å². The van der Waals surface area contributed by atoms with Gasteiger partial charge in [-0.2, -0.15) is 5.10 Å². The van der Waals surface area contributed by atoms with Gasteiger partial charge in [-0.1, -0.05) is 11.6 Å². The average Bonchev–Trinajstić information content (AvgIpc) is 2.12. The molecule has 0 fully saturated rings. The maximum atomic E-state index is 12.9. The molecule has 0 aliphatic carbocycles. The summed E-state index contributed by atoms with van der Waals surface area (Å²) in [6.07, 6.45) is 0.985. The third kappa shape index (κ3) is 3.17. The van der Waals surface area contributed by atoms with Crippen LogP contribution in [0.1, 0.15) is 5.56 Å². The van der Waals surface area contributed by atoms with E-state index in [2.05, 4.69) is 5.10 Å². The zero-order valence-corrected chi connectivity index (χ0v) is 8.05. The smallest absolute Gasteiger partial charge is 0.332 e. The average molecular weight is 234 g/mol. The second kappa shape index (κ2) is 4.70. The normalized spacial score (nSPS) is 10.6. The minimum absolute atomic E-state index is 0.00270. The van der Waals surface area contributed by atoms with Crippen molar-refractivity contribution in [2.24, 2.45) is 10.8 Å². The first kappa shape index (κ1) is 11.4. The third-order valence-electron chi connectivity index (χ3n) is 1.40. The number of hydrogen-bond donors (Lipinski definition) is 2. The van der Waals surface area contributed by atoms with Crippen molar-refractivity contribution in [3.63, 3.8) is 0 Å². The summed E-state index contributed by atoms with van der Waals surface area (Å²) < 4.78 is 25.6. The molecule has 0 aromatic heterocycles. The van der Waals surface area contributed by atoms with Crippen LogP contribution < -0.4 is 11.2 Å². The molecule has 0 aliphatic heterocycles. The number of carbonyl (C=O) groups is 1. The molecule has 1 rings (SSSR count). The number of amides is 2. The van der Waals surface area contributed by atoms with E-state index in [-0.39, 0.29) is 10.6 Å². The number of nitrogens with two attached hydrogens (primary N) is 1. The van der Waals surface area contributed by atoms with Gasteiger partial charge in [0, 0.05) is 11.6 Å². The molecule has 0 aliphatic rings. The molecule has 0 bridgehead atoms. The Balaban J connectivity index is 2.94. The summed E-state index contributed by atoms with van der Waals surface area (Å²) in [7, 11) is 0. The topological polar surface area (TPSA) is 67.5 Å². The second-order valence-electron chi connectivity index (χ2n) is 2.53. The summed E-state index contributed by atoms with van der Waals surface area (Å²) >= 11 is 5.50. The van der Waals surface area contributed by atoms with Crippen LogP contribution in [0, 0.1) is 11.6 Å². The van der Waals surface area contributed by atoms with Gasteiger partial charge >= 0.3 is 6.03 Å². The van der Waals surface area contributed by atoms with Gasteiger partial charge in [-0.25, -0.2) is 19.0 Å². The molecule has 1 aromatic carbocycles. The molecule has 3 N–H and O–H groups in total. The van der Waals surface area contributed by atoms with E-state index in [0.717, 1.165) is 12.3 Å². The molecular weight excluding hydrogens is 228 g/mol. The minimum atomic E-state index is -0.905. The van der Waals surface area contributed by atoms with Crippen molar-refractivity contribution >= 4 is 23.8 Å². The highest BCUT2D eigenvalue weighted by molar-refractivity contribution is 6.33. The molecule has 2 amide bonds. The largest absolute Gasteiger partial charge is 0.350 e. The summed E-state index contributed by atoms with van der Waals surface area (Å²) in [6, 6.07) is 0.720. The monoisotopic (exact) mass is 233 g/mol. The highest BCUT2D eigenvalue weighted by atomic mass is 35.5. The van der Waals surface area contributed by atoms with Gasteiger partial charge in [0.05, 0.1) is 11.2 Å². The van der Waals surface area contributed by atoms with Gasteiger partial charge in [0.1, 0.15) is 11.6 Å². The number of carbonyl (C=O) groups excluding carboxylic acids is 1. The van der Waals surface area contributed by atoms with Crippen LogP contribution in [0.15, 0.2) is 17.2 Å². The minimum Gasteiger partial charge on any atom is -0.350 e. The van der Waals surface area contributed by atoms with Gasteiger partial charge in [0.2, 0.25) is 0 Å². The van der Waals surface area contributed by atoms with Crippen LogP contribution in [0.3, 0.4) is 0 Å². The molecule has 4 nitrogen and oxygen atoms in total. The molecule has 0 saturated carbocycles. The molecule has 1 aromatic rings. The number of primary amides is 1. The molecule has 80 valence electrons. The molecular formula is C8H6ClF2N3O. The molecule has 0 spiro atoms. The Bertz CT molecular complexity index is 423. The van der Waals surface area contributed by atoms with Crippen LogP contribution in [0.25, 0.3) is 0 Å². The summed E-state index contributed by atoms with van der Waals surface area (Å²) in [5.74, 6) is -1.70. The van der Waals surface area contributed by atoms with Gasteiger partial charge in [-0.3, -0.25) is 0 Å². The summed E-state index contributed by atoms with van der Waals surface area (Å²) in [5.41, 5.74) is 6.58. The maximum Gasteiger partial charge on any atom is 0.332 e. The van der Waals surface area contributed by atoms with Crippen molar-refractivity contribution in [1.82, 2.24) is 5.43 Å². The van der Waals surface area contributed by atoms with Crippen LogP contribution in [-0.4, -0.2) is 12.2 Å². The van der Waals surface area contributed by atoms with Crippen molar-refractivity contribution in [2.75, 3.05) is 0 Å². The molecule has 0 atom stereocenters. The third-order valence-corrected chi connectivity index (χ3v) is 1.80. The Morgan fingerprint density at radius 2 is 2.20 bits per heavy atom. The predicted octanol–water partition coefficient (Wildman–Crippen LogP) is 1.62. The summed E-state index contributed by atoms with van der Waals surface area (Å²) in [6.45, 7) is 0. The zero-order chi connectivity index (χ0) is 11.4. The lowest BCUT2D eigenvalue weighted by molar-refractivity contribution is 0.249. The van der Waals surface area contributed by atoms with E-state index in [9.17, 15) is 13.6 Å². The Kier molecular flexibility index (Phi) is 3.56. The van der Waals surface area contributed by atoms with Crippen molar-refractivity contribution in [3.05, 3.63) is 34.4 Å². The van der Waals surface area contributed by atoms with Crippen LogP contribution >= 0.6 is 11.6 Å². The van der Waals surface area contributed by atoms with Crippen molar-refractivity contribution < 1.29 is 13.6 Å². The number of nitrogens with one attached hydrogen (secondary N) is 1. The fourth-order valence-corrected chi connectivity index (χ4v) is 0.993. The lowest BCUT2D eigenvalue weighted by Gasteiger charge is -1.99. The first-order valence-electron chi connectivity index (χ1n) is 3.73. The van der Waals surface area contributed by atoms with Crippen molar-refractivity contribution in [2.45, 2.75) is 0 Å². The first-order chi connectivity index (χ1) is 7.00. The number of hydrogen-bond acceptors (Lipinski definition) is 2. The highest BCUT2D eigenvalue weighted by Crippen LogP contribution is 2.19. The van der Waals surface area contributed by atoms with Gasteiger partial charge in [0.25, 0.3) is 0 Å². The fourth-order valence-electron chi connectivity index (χ4n) is 0.835. The quantitative estimate of drug-likeness (QED) is 0.455. The van der Waals surface area contributed by atoms with Crippen LogP contribution in [0.2, 0.25) is 5.02 Å². The van der Waals surface area contributed by atoms with E-state index in [4.69, 9.17) is 17.3 Å². The highest BCUT2D eigenvalue weighted by Gasteiger charge is 2.07. The lowest BCUT2D eigenvalue weighted by atomic mass is 10.2. The predicted molar refractivity (Wildman–Crippen MR) is 51.7 cm³/mol. The molecule has 15 heavy (non-hydrogen) atoms. The zero-order valence-electron chi connectivity index (χ0n) is 7.30. The fraction of sp³-hybridized carbons (Fsp3) is 0. The number of hydrazone groups is 1. The van der Waals surface area contributed by atoms with Crippen LogP contribution in [0.5, 0.6) is 0 Å². The standard InChI is InChI=1S/C8H6ClF2N3O/c9-7-4(3-13-14-8(12)15)1-5(10)2-6(7)11/h1-3H,(H3,12,14,15). The molecule has 7 heteroatoms. The maximum absolute atomic E-state index is 12.9. The second-order valence-corrected chi connectivity index (χ2v) is 2.90. The SMILES string of the molecule is NC(=O)NN=Cc1cc(F)cc(F)c1Cl. The van der Waals surface area contributed by atoms with E-state index >= 15 is 0 Å². The Hall–Kier alpha value is -1.69. The van der Waals surface area contributed by atoms with Gasteiger partial charge < -0.3 is 5.73 Å².